The molecule has 0 saturated carbocycles. The van der Waals surface area contributed by atoms with Crippen LogP contribution < -0.4 is 5.32 Å². The van der Waals surface area contributed by atoms with Crippen LogP contribution in [-0.4, -0.2) is 49.6 Å². The molecule has 3 atom stereocenters. The fourth-order valence-corrected chi connectivity index (χ4v) is 3.27. The number of nitrogens with one attached hydrogen (secondary N) is 1. The van der Waals surface area contributed by atoms with Gasteiger partial charge in [0, 0.05) is 20.2 Å². The van der Waals surface area contributed by atoms with Crippen molar-refractivity contribution in [1.29, 1.82) is 0 Å². The minimum Gasteiger partial charge on any atom is -0.481 e. The monoisotopic (exact) mass is 315 g/mol. The molecule has 1 aliphatic heterocycles. The van der Waals surface area contributed by atoms with Crippen LogP contribution in [0, 0.1) is 5.92 Å². The van der Waals surface area contributed by atoms with E-state index in [9.17, 15) is 9.90 Å². The summed E-state index contributed by atoms with van der Waals surface area (Å²) < 4.78 is 11.5. The van der Waals surface area contributed by atoms with E-state index in [2.05, 4.69) is 5.32 Å². The lowest BCUT2D eigenvalue weighted by atomic mass is 9.76. The Balaban J connectivity index is 1.98. The van der Waals surface area contributed by atoms with Gasteiger partial charge in [-0.3, -0.25) is 4.79 Å². The third-order valence-corrected chi connectivity index (χ3v) is 4.51. The summed E-state index contributed by atoms with van der Waals surface area (Å²) in [5.74, 6) is -1.73. The second-order valence-corrected chi connectivity index (χ2v) is 5.76. The van der Waals surface area contributed by atoms with E-state index in [-0.39, 0.29) is 6.10 Å². The van der Waals surface area contributed by atoms with Crippen LogP contribution in [0.15, 0.2) is 48.6 Å². The SMILES string of the molecule is COC1(C2CNCCO2)C=CC(c2ccccc2)=CC1C(=O)O. The molecule has 0 aromatic heterocycles. The molecule has 3 rings (SSSR count). The molecule has 5 nitrogen and oxygen atoms in total. The van der Waals surface area contributed by atoms with Gasteiger partial charge in [0.25, 0.3) is 0 Å². The smallest absolute Gasteiger partial charge is 0.313 e. The first-order valence-corrected chi connectivity index (χ1v) is 7.74. The van der Waals surface area contributed by atoms with Gasteiger partial charge in [-0.1, -0.05) is 42.5 Å². The summed E-state index contributed by atoms with van der Waals surface area (Å²) >= 11 is 0. The Morgan fingerprint density at radius 1 is 1.39 bits per heavy atom. The molecule has 23 heavy (non-hydrogen) atoms. The van der Waals surface area contributed by atoms with Gasteiger partial charge in [0.1, 0.15) is 17.6 Å². The minimum atomic E-state index is -1.00. The molecule has 122 valence electrons. The van der Waals surface area contributed by atoms with E-state index in [0.29, 0.717) is 13.2 Å². The average Bonchev–Trinajstić information content (AvgIpc) is 2.62. The molecule has 5 heteroatoms. The van der Waals surface area contributed by atoms with Crippen molar-refractivity contribution < 1.29 is 19.4 Å². The van der Waals surface area contributed by atoms with Crippen LogP contribution in [0.5, 0.6) is 0 Å². The molecule has 1 fully saturated rings. The number of ether oxygens (including phenoxy) is 2. The van der Waals surface area contributed by atoms with Gasteiger partial charge in [0.15, 0.2) is 0 Å². The highest BCUT2D eigenvalue weighted by atomic mass is 16.5. The quantitative estimate of drug-likeness (QED) is 0.885. The van der Waals surface area contributed by atoms with Gasteiger partial charge in [0.05, 0.1) is 6.61 Å². The maximum Gasteiger partial charge on any atom is 0.313 e. The van der Waals surface area contributed by atoms with Gasteiger partial charge >= 0.3 is 5.97 Å². The molecule has 2 N–H and O–H groups in total. The Morgan fingerprint density at radius 2 is 2.17 bits per heavy atom. The molecule has 2 aliphatic rings. The first kappa shape index (κ1) is 15.9. The topological polar surface area (TPSA) is 67.8 Å². The highest BCUT2D eigenvalue weighted by Gasteiger charge is 2.49. The van der Waals surface area contributed by atoms with Crippen molar-refractivity contribution in [2.45, 2.75) is 11.7 Å². The fourth-order valence-electron chi connectivity index (χ4n) is 3.27. The van der Waals surface area contributed by atoms with Crippen molar-refractivity contribution in [3.8, 4) is 0 Å². The zero-order valence-corrected chi connectivity index (χ0v) is 13.1. The minimum absolute atomic E-state index is 0.341. The molecule has 1 aromatic rings. The largest absolute Gasteiger partial charge is 0.481 e. The number of hydrogen-bond donors (Lipinski definition) is 2. The average molecular weight is 315 g/mol. The highest BCUT2D eigenvalue weighted by Crippen LogP contribution is 2.38. The van der Waals surface area contributed by atoms with Gasteiger partial charge in [-0.25, -0.2) is 0 Å². The third-order valence-electron chi connectivity index (χ3n) is 4.51. The van der Waals surface area contributed by atoms with Crippen LogP contribution in [0.3, 0.4) is 0 Å². The van der Waals surface area contributed by atoms with Crippen molar-refractivity contribution in [2.75, 3.05) is 26.8 Å². The fraction of sp³-hybridized carbons (Fsp3) is 0.389. The van der Waals surface area contributed by atoms with Gasteiger partial charge < -0.3 is 19.9 Å². The number of carboxylic acid groups (broad SMARTS) is 1. The summed E-state index contributed by atoms with van der Waals surface area (Å²) in [6, 6.07) is 9.74. The number of hydrogen-bond acceptors (Lipinski definition) is 4. The van der Waals surface area contributed by atoms with E-state index in [1.165, 1.54) is 0 Å². The number of benzene rings is 1. The number of rotatable bonds is 4. The third kappa shape index (κ3) is 2.95. The lowest BCUT2D eigenvalue weighted by Gasteiger charge is -2.43. The molecule has 1 heterocycles. The normalized spacial score (nSPS) is 30.7. The Kier molecular flexibility index (Phi) is 4.61. The molecule has 1 saturated heterocycles. The summed E-state index contributed by atoms with van der Waals surface area (Å²) in [6.45, 7) is 1.88. The van der Waals surface area contributed by atoms with Gasteiger partial charge in [-0.15, -0.1) is 0 Å². The van der Waals surface area contributed by atoms with Crippen LogP contribution in [0.1, 0.15) is 5.56 Å². The number of carboxylic acids is 1. The number of carbonyl (C=O) groups is 1. The molecular weight excluding hydrogens is 294 g/mol. The Bertz CT molecular complexity index is 619. The van der Waals surface area contributed by atoms with Crippen molar-refractivity contribution in [3.05, 3.63) is 54.1 Å². The van der Waals surface area contributed by atoms with Crippen molar-refractivity contribution >= 4 is 11.5 Å². The van der Waals surface area contributed by atoms with Crippen LogP contribution in [0.25, 0.3) is 5.57 Å². The van der Waals surface area contributed by atoms with Crippen molar-refractivity contribution in [1.82, 2.24) is 5.32 Å². The van der Waals surface area contributed by atoms with Gasteiger partial charge in [-0.2, -0.15) is 0 Å². The standard InChI is InChI=1S/C18H21NO4/c1-22-18(16-12-19-9-10-23-16)8-7-14(11-15(18)17(20)21)13-5-3-2-4-6-13/h2-8,11,15-16,19H,9-10,12H2,1H3,(H,20,21). The number of morpholine rings is 1. The molecule has 0 radical (unpaired) electrons. The zero-order valence-electron chi connectivity index (χ0n) is 13.1. The summed E-state index contributed by atoms with van der Waals surface area (Å²) in [7, 11) is 1.54. The maximum absolute atomic E-state index is 11.9. The van der Waals surface area contributed by atoms with Crippen LogP contribution >= 0.6 is 0 Å². The first-order valence-electron chi connectivity index (χ1n) is 7.74. The second-order valence-electron chi connectivity index (χ2n) is 5.76. The lowest BCUT2D eigenvalue weighted by Crippen LogP contribution is -2.58. The predicted octanol–water partition coefficient (Wildman–Crippen LogP) is 1.71. The molecule has 1 aliphatic carbocycles. The molecule has 0 amide bonds. The van der Waals surface area contributed by atoms with Crippen LogP contribution in [-0.2, 0) is 14.3 Å². The summed E-state index contributed by atoms with van der Waals surface area (Å²) in [6.07, 6.45) is 5.19. The number of methoxy groups -OCH3 is 1. The Morgan fingerprint density at radius 3 is 2.78 bits per heavy atom. The summed E-state index contributed by atoms with van der Waals surface area (Å²) in [5.41, 5.74) is 0.870. The molecule has 1 aromatic carbocycles. The van der Waals surface area contributed by atoms with Crippen molar-refractivity contribution in [3.63, 3.8) is 0 Å². The number of allylic oxidation sites excluding steroid dienone is 2. The summed E-state index contributed by atoms with van der Waals surface area (Å²) in [4.78, 5) is 11.9. The van der Waals surface area contributed by atoms with Crippen LogP contribution in [0.4, 0.5) is 0 Å². The predicted molar refractivity (Wildman–Crippen MR) is 87.0 cm³/mol. The first-order chi connectivity index (χ1) is 11.2. The maximum atomic E-state index is 11.9. The highest BCUT2D eigenvalue weighted by molar-refractivity contribution is 5.84. The zero-order chi connectivity index (χ0) is 16.3. The summed E-state index contributed by atoms with van der Waals surface area (Å²) in [5, 5.41) is 13.0. The van der Waals surface area contributed by atoms with E-state index < -0.39 is 17.5 Å². The molecular formula is C18H21NO4. The molecule has 3 unspecified atom stereocenters. The molecule has 0 bridgehead atoms. The van der Waals surface area contributed by atoms with E-state index in [1.54, 1.807) is 13.2 Å². The number of aliphatic carboxylic acids is 1. The van der Waals surface area contributed by atoms with Gasteiger partial charge in [-0.05, 0) is 17.2 Å². The van der Waals surface area contributed by atoms with Gasteiger partial charge in [0.2, 0.25) is 0 Å². The Hall–Kier alpha value is -1.95. The van der Waals surface area contributed by atoms with E-state index in [0.717, 1.165) is 17.7 Å². The van der Waals surface area contributed by atoms with Crippen LogP contribution in [0.2, 0.25) is 0 Å². The van der Waals surface area contributed by atoms with E-state index in [1.807, 2.05) is 42.5 Å². The lowest BCUT2D eigenvalue weighted by molar-refractivity contribution is -0.164. The van der Waals surface area contributed by atoms with E-state index in [4.69, 9.17) is 9.47 Å². The second kappa shape index (κ2) is 6.66. The Labute approximate surface area is 135 Å². The van der Waals surface area contributed by atoms with E-state index >= 15 is 0 Å². The molecule has 0 spiro atoms. The van der Waals surface area contributed by atoms with Crippen molar-refractivity contribution in [2.24, 2.45) is 5.92 Å².